The van der Waals surface area contributed by atoms with Gasteiger partial charge in [0.15, 0.2) is 0 Å². The molecule has 12 heavy (non-hydrogen) atoms. The zero-order chi connectivity index (χ0) is 8.60. The fourth-order valence-corrected chi connectivity index (χ4v) is 2.60. The van der Waals surface area contributed by atoms with E-state index in [4.69, 9.17) is 5.41 Å². The van der Waals surface area contributed by atoms with Crippen LogP contribution in [0.2, 0.25) is 0 Å². The maximum atomic E-state index is 7.83. The molecule has 68 valence electrons. The lowest BCUT2D eigenvalue weighted by Gasteiger charge is -2.49. The van der Waals surface area contributed by atoms with E-state index in [1.807, 2.05) is 0 Å². The predicted octanol–water partition coefficient (Wildman–Crippen LogP) is 2.39. The molecule has 2 fully saturated rings. The second-order valence-corrected chi connectivity index (χ2v) is 4.13. The van der Waals surface area contributed by atoms with Crippen molar-refractivity contribution in [3.63, 3.8) is 0 Å². The summed E-state index contributed by atoms with van der Waals surface area (Å²) in [5.41, 5.74) is 0.424. The molecule has 0 atom stereocenters. The van der Waals surface area contributed by atoms with Gasteiger partial charge in [0.05, 0.1) is 5.84 Å². The van der Waals surface area contributed by atoms with Crippen molar-refractivity contribution in [2.75, 3.05) is 6.54 Å². The Hall–Kier alpha value is -0.530. The van der Waals surface area contributed by atoms with E-state index in [9.17, 15) is 0 Å². The molecule has 0 amide bonds. The zero-order valence-corrected chi connectivity index (χ0v) is 7.90. The molecule has 0 spiro atoms. The third-order valence-corrected chi connectivity index (χ3v) is 3.64. The minimum Gasteiger partial charge on any atom is -0.355 e. The van der Waals surface area contributed by atoms with Gasteiger partial charge in [0.1, 0.15) is 0 Å². The Labute approximate surface area is 74.5 Å². The van der Waals surface area contributed by atoms with Gasteiger partial charge in [0.2, 0.25) is 0 Å². The highest BCUT2D eigenvalue weighted by atomic mass is 15.3. The fraction of sp³-hybridized carbons (Fsp3) is 0.900. The Balaban J connectivity index is 2.10. The van der Waals surface area contributed by atoms with Crippen molar-refractivity contribution < 1.29 is 0 Å². The Morgan fingerprint density at radius 1 is 1.42 bits per heavy atom. The lowest BCUT2D eigenvalue weighted by Crippen LogP contribution is -2.53. The number of hydrogen-bond acceptors (Lipinski definition) is 1. The van der Waals surface area contributed by atoms with Crippen LogP contribution < -0.4 is 0 Å². The van der Waals surface area contributed by atoms with Crippen molar-refractivity contribution in [2.45, 2.75) is 51.0 Å². The monoisotopic (exact) mass is 166 g/mol. The van der Waals surface area contributed by atoms with Gasteiger partial charge >= 0.3 is 0 Å². The first-order chi connectivity index (χ1) is 5.78. The van der Waals surface area contributed by atoms with Crippen LogP contribution in [0.5, 0.6) is 0 Å². The van der Waals surface area contributed by atoms with Crippen LogP contribution in [0.25, 0.3) is 0 Å². The minimum atomic E-state index is 0.424. The van der Waals surface area contributed by atoms with Crippen LogP contribution in [-0.4, -0.2) is 22.8 Å². The Morgan fingerprint density at radius 2 is 2.17 bits per heavy atom. The molecule has 1 aliphatic heterocycles. The molecule has 2 rings (SSSR count). The van der Waals surface area contributed by atoms with Gasteiger partial charge in [0, 0.05) is 18.5 Å². The fourth-order valence-electron chi connectivity index (χ4n) is 2.60. The van der Waals surface area contributed by atoms with Crippen molar-refractivity contribution in [3.8, 4) is 0 Å². The van der Waals surface area contributed by atoms with Crippen molar-refractivity contribution in [2.24, 2.45) is 0 Å². The maximum Gasteiger partial charge on any atom is 0.0962 e. The average molecular weight is 166 g/mol. The largest absolute Gasteiger partial charge is 0.355 e. The summed E-state index contributed by atoms with van der Waals surface area (Å²) in [6.07, 6.45) is 7.48. The summed E-state index contributed by atoms with van der Waals surface area (Å²) in [4.78, 5) is 2.37. The molecule has 1 saturated heterocycles. The molecule has 2 nitrogen and oxygen atoms in total. The van der Waals surface area contributed by atoms with Crippen LogP contribution in [0.1, 0.15) is 45.4 Å². The van der Waals surface area contributed by atoms with Gasteiger partial charge in [-0.25, -0.2) is 0 Å². The Morgan fingerprint density at radius 3 is 2.50 bits per heavy atom. The predicted molar refractivity (Wildman–Crippen MR) is 50.5 cm³/mol. The molecule has 1 N–H and O–H groups in total. The highest BCUT2D eigenvalue weighted by Gasteiger charge is 2.43. The SMILES string of the molecule is CCC1(N2CCCC2=N)CCC1. The summed E-state index contributed by atoms with van der Waals surface area (Å²) in [6, 6.07) is 0. The molecular weight excluding hydrogens is 148 g/mol. The molecule has 0 bridgehead atoms. The number of likely N-dealkylation sites (tertiary alicyclic amines) is 1. The van der Waals surface area contributed by atoms with Gasteiger partial charge < -0.3 is 4.90 Å². The number of amidine groups is 1. The van der Waals surface area contributed by atoms with E-state index in [1.54, 1.807) is 0 Å². The van der Waals surface area contributed by atoms with E-state index in [0.29, 0.717) is 5.54 Å². The van der Waals surface area contributed by atoms with E-state index >= 15 is 0 Å². The van der Waals surface area contributed by atoms with Gasteiger partial charge in [-0.1, -0.05) is 6.92 Å². The van der Waals surface area contributed by atoms with E-state index in [0.717, 1.165) is 18.8 Å². The third kappa shape index (κ3) is 0.970. The van der Waals surface area contributed by atoms with E-state index in [1.165, 1.54) is 32.1 Å². The normalized spacial score (nSPS) is 27.4. The number of rotatable bonds is 2. The van der Waals surface area contributed by atoms with Gasteiger partial charge in [-0.3, -0.25) is 5.41 Å². The van der Waals surface area contributed by atoms with Crippen molar-refractivity contribution in [1.82, 2.24) is 4.90 Å². The Bertz CT molecular complexity index is 189. The van der Waals surface area contributed by atoms with Crippen LogP contribution in [0.3, 0.4) is 0 Å². The lowest BCUT2D eigenvalue weighted by molar-refractivity contribution is 0.0793. The lowest BCUT2D eigenvalue weighted by atomic mass is 9.73. The van der Waals surface area contributed by atoms with Crippen molar-refractivity contribution in [3.05, 3.63) is 0 Å². The standard InChI is InChI=1S/C10H18N2/c1-2-10(6-4-7-10)12-8-3-5-9(12)11/h11H,2-8H2,1H3. The Kier molecular flexibility index (Phi) is 1.85. The van der Waals surface area contributed by atoms with Crippen molar-refractivity contribution in [1.29, 1.82) is 5.41 Å². The van der Waals surface area contributed by atoms with Crippen LogP contribution in [0, 0.1) is 5.41 Å². The first kappa shape index (κ1) is 8.09. The summed E-state index contributed by atoms with van der Waals surface area (Å²) in [5.74, 6) is 0.900. The minimum absolute atomic E-state index is 0.424. The number of nitrogens with zero attached hydrogens (tertiary/aromatic N) is 1. The quantitative estimate of drug-likeness (QED) is 0.670. The number of nitrogens with one attached hydrogen (secondary N) is 1. The summed E-state index contributed by atoms with van der Waals surface area (Å²) in [6.45, 7) is 3.41. The molecule has 0 aromatic carbocycles. The molecule has 2 heteroatoms. The maximum absolute atomic E-state index is 7.83. The first-order valence-electron chi connectivity index (χ1n) is 5.13. The van der Waals surface area contributed by atoms with Gasteiger partial charge in [0.25, 0.3) is 0 Å². The molecular formula is C10H18N2. The van der Waals surface area contributed by atoms with E-state index in [2.05, 4.69) is 11.8 Å². The van der Waals surface area contributed by atoms with Gasteiger partial charge in [-0.05, 0) is 32.1 Å². The molecule has 0 aromatic rings. The molecule has 1 aliphatic carbocycles. The smallest absolute Gasteiger partial charge is 0.0962 e. The zero-order valence-electron chi connectivity index (χ0n) is 7.90. The van der Waals surface area contributed by atoms with Crippen LogP contribution in [0.4, 0.5) is 0 Å². The molecule has 1 heterocycles. The first-order valence-corrected chi connectivity index (χ1v) is 5.13. The van der Waals surface area contributed by atoms with Crippen LogP contribution in [0.15, 0.2) is 0 Å². The summed E-state index contributed by atoms with van der Waals surface area (Å²) in [7, 11) is 0. The highest BCUT2D eigenvalue weighted by Crippen LogP contribution is 2.42. The van der Waals surface area contributed by atoms with E-state index in [-0.39, 0.29) is 0 Å². The summed E-state index contributed by atoms with van der Waals surface area (Å²) < 4.78 is 0. The second-order valence-electron chi connectivity index (χ2n) is 4.13. The molecule has 0 unspecified atom stereocenters. The van der Waals surface area contributed by atoms with Crippen molar-refractivity contribution >= 4 is 5.84 Å². The number of hydrogen-bond donors (Lipinski definition) is 1. The van der Waals surface area contributed by atoms with E-state index < -0.39 is 0 Å². The molecule has 2 aliphatic rings. The second kappa shape index (κ2) is 2.75. The molecule has 0 radical (unpaired) electrons. The topological polar surface area (TPSA) is 27.1 Å². The highest BCUT2D eigenvalue weighted by molar-refractivity contribution is 5.81. The van der Waals surface area contributed by atoms with Gasteiger partial charge in [-0.2, -0.15) is 0 Å². The average Bonchev–Trinajstić information content (AvgIpc) is 2.36. The van der Waals surface area contributed by atoms with Gasteiger partial charge in [-0.15, -0.1) is 0 Å². The molecule has 0 aromatic heterocycles. The van der Waals surface area contributed by atoms with Crippen LogP contribution >= 0.6 is 0 Å². The molecule has 1 saturated carbocycles. The third-order valence-electron chi connectivity index (χ3n) is 3.64. The summed E-state index contributed by atoms with van der Waals surface area (Å²) in [5, 5.41) is 7.83. The van der Waals surface area contributed by atoms with Crippen LogP contribution in [-0.2, 0) is 0 Å². The summed E-state index contributed by atoms with van der Waals surface area (Å²) >= 11 is 0.